The smallest absolute Gasteiger partial charge is 0.154 e. The maximum Gasteiger partial charge on any atom is 0.154 e. The average Bonchev–Trinajstić information content (AvgIpc) is 2.72. The van der Waals surface area contributed by atoms with Crippen LogP contribution in [0.2, 0.25) is 0 Å². The standard InChI is InChI=1S/C13H25N3O2S/c1-6-10-16-11(8-9-15-16)12(14-7-2)13(3,4)19(5,17)18/h8-9,12,14H,6-7,10H2,1-5H3. The Labute approximate surface area is 116 Å². The minimum absolute atomic E-state index is 0.262. The predicted octanol–water partition coefficient (Wildman–Crippen LogP) is 1.77. The van der Waals surface area contributed by atoms with E-state index in [4.69, 9.17) is 0 Å². The van der Waals surface area contributed by atoms with Crippen LogP contribution in [0.1, 0.15) is 45.9 Å². The van der Waals surface area contributed by atoms with Crippen LogP contribution in [0.25, 0.3) is 0 Å². The molecule has 0 saturated carbocycles. The highest BCUT2D eigenvalue weighted by Gasteiger charge is 2.40. The van der Waals surface area contributed by atoms with Crippen molar-refractivity contribution in [3.63, 3.8) is 0 Å². The van der Waals surface area contributed by atoms with E-state index in [0.717, 1.165) is 18.7 Å². The third kappa shape index (κ3) is 3.36. The van der Waals surface area contributed by atoms with Gasteiger partial charge in [0.25, 0.3) is 0 Å². The SMILES string of the molecule is CCCn1nccc1C(NCC)C(C)(C)S(C)(=O)=O. The zero-order chi connectivity index (χ0) is 14.7. The number of aromatic nitrogens is 2. The van der Waals surface area contributed by atoms with Gasteiger partial charge in [0.2, 0.25) is 0 Å². The first-order valence-corrected chi connectivity index (χ1v) is 8.59. The second kappa shape index (κ2) is 6.05. The van der Waals surface area contributed by atoms with E-state index in [1.807, 2.05) is 17.7 Å². The zero-order valence-electron chi connectivity index (χ0n) is 12.5. The van der Waals surface area contributed by atoms with Gasteiger partial charge >= 0.3 is 0 Å². The first-order valence-electron chi connectivity index (χ1n) is 6.70. The Bertz CT molecular complexity index is 506. The molecule has 1 aromatic rings. The van der Waals surface area contributed by atoms with Gasteiger partial charge in [-0.3, -0.25) is 4.68 Å². The quantitative estimate of drug-likeness (QED) is 0.830. The van der Waals surface area contributed by atoms with Crippen molar-refractivity contribution < 1.29 is 8.42 Å². The lowest BCUT2D eigenvalue weighted by Gasteiger charge is -2.33. The lowest BCUT2D eigenvalue weighted by Crippen LogP contribution is -2.45. The van der Waals surface area contributed by atoms with E-state index in [9.17, 15) is 8.42 Å². The molecular formula is C13H25N3O2S. The van der Waals surface area contributed by atoms with Crippen LogP contribution in [-0.2, 0) is 16.4 Å². The van der Waals surface area contributed by atoms with Crippen molar-refractivity contribution in [1.82, 2.24) is 15.1 Å². The first kappa shape index (κ1) is 16.2. The Morgan fingerprint density at radius 3 is 2.53 bits per heavy atom. The molecule has 0 aromatic carbocycles. The molecule has 110 valence electrons. The second-order valence-electron chi connectivity index (χ2n) is 5.35. The van der Waals surface area contributed by atoms with E-state index >= 15 is 0 Å². The van der Waals surface area contributed by atoms with Gasteiger partial charge in [0.15, 0.2) is 9.84 Å². The highest BCUT2D eigenvalue weighted by atomic mass is 32.2. The normalized spacial score (nSPS) is 14.6. The van der Waals surface area contributed by atoms with Crippen LogP contribution in [0.5, 0.6) is 0 Å². The van der Waals surface area contributed by atoms with Crippen molar-refractivity contribution in [2.24, 2.45) is 0 Å². The molecule has 1 unspecified atom stereocenters. The molecule has 0 spiro atoms. The molecule has 0 saturated heterocycles. The highest BCUT2D eigenvalue weighted by molar-refractivity contribution is 7.92. The van der Waals surface area contributed by atoms with Crippen LogP contribution in [0.4, 0.5) is 0 Å². The number of rotatable bonds is 7. The van der Waals surface area contributed by atoms with Crippen molar-refractivity contribution >= 4 is 9.84 Å². The fourth-order valence-electron chi connectivity index (χ4n) is 2.11. The molecular weight excluding hydrogens is 262 g/mol. The van der Waals surface area contributed by atoms with Crippen LogP contribution >= 0.6 is 0 Å². The fourth-order valence-corrected chi connectivity index (χ4v) is 2.74. The van der Waals surface area contributed by atoms with Gasteiger partial charge in [-0.25, -0.2) is 8.42 Å². The van der Waals surface area contributed by atoms with Gasteiger partial charge in [0.1, 0.15) is 0 Å². The summed E-state index contributed by atoms with van der Waals surface area (Å²) in [5, 5.41) is 7.58. The number of aryl methyl sites for hydroxylation is 1. The largest absolute Gasteiger partial charge is 0.308 e. The van der Waals surface area contributed by atoms with Crippen LogP contribution in [0.3, 0.4) is 0 Å². The van der Waals surface area contributed by atoms with E-state index in [1.165, 1.54) is 6.26 Å². The van der Waals surface area contributed by atoms with E-state index in [0.29, 0.717) is 6.54 Å². The van der Waals surface area contributed by atoms with Gasteiger partial charge in [-0.15, -0.1) is 0 Å². The molecule has 5 nitrogen and oxygen atoms in total. The number of nitrogens with one attached hydrogen (secondary N) is 1. The lowest BCUT2D eigenvalue weighted by atomic mass is 9.99. The highest BCUT2D eigenvalue weighted by Crippen LogP contribution is 2.32. The van der Waals surface area contributed by atoms with Gasteiger partial charge in [-0.2, -0.15) is 5.10 Å². The van der Waals surface area contributed by atoms with E-state index in [-0.39, 0.29) is 6.04 Å². The molecule has 1 heterocycles. The third-order valence-corrected chi connectivity index (χ3v) is 5.69. The molecule has 1 atom stereocenters. The number of hydrogen-bond acceptors (Lipinski definition) is 4. The van der Waals surface area contributed by atoms with Gasteiger partial charge in [-0.05, 0) is 32.9 Å². The van der Waals surface area contributed by atoms with Crippen molar-refractivity contribution in [3.05, 3.63) is 18.0 Å². The van der Waals surface area contributed by atoms with Gasteiger partial charge in [-0.1, -0.05) is 13.8 Å². The fraction of sp³-hybridized carbons (Fsp3) is 0.769. The molecule has 0 aliphatic carbocycles. The van der Waals surface area contributed by atoms with Crippen molar-refractivity contribution in [2.45, 2.75) is 51.4 Å². The van der Waals surface area contributed by atoms with Gasteiger partial charge in [0, 0.05) is 19.0 Å². The van der Waals surface area contributed by atoms with Crippen molar-refractivity contribution in [3.8, 4) is 0 Å². The van der Waals surface area contributed by atoms with Crippen LogP contribution in [0.15, 0.2) is 12.3 Å². The van der Waals surface area contributed by atoms with Crippen LogP contribution in [-0.4, -0.2) is 35.7 Å². The Morgan fingerprint density at radius 2 is 2.05 bits per heavy atom. The molecule has 0 fully saturated rings. The molecule has 1 N–H and O–H groups in total. The molecule has 0 bridgehead atoms. The summed E-state index contributed by atoms with van der Waals surface area (Å²) < 4.78 is 25.1. The minimum atomic E-state index is -3.19. The summed E-state index contributed by atoms with van der Waals surface area (Å²) in [6.45, 7) is 9.09. The second-order valence-corrected chi connectivity index (χ2v) is 7.94. The summed E-state index contributed by atoms with van der Waals surface area (Å²) in [4.78, 5) is 0. The van der Waals surface area contributed by atoms with Gasteiger partial charge in [0.05, 0.1) is 16.5 Å². The Morgan fingerprint density at radius 1 is 1.42 bits per heavy atom. The predicted molar refractivity (Wildman–Crippen MR) is 77.9 cm³/mol. The first-order chi connectivity index (χ1) is 8.75. The maximum atomic E-state index is 12.1. The lowest BCUT2D eigenvalue weighted by molar-refractivity contribution is 0.397. The summed E-state index contributed by atoms with van der Waals surface area (Å²) in [5.41, 5.74) is 0.930. The molecule has 1 rings (SSSR count). The topological polar surface area (TPSA) is 64.0 Å². The summed E-state index contributed by atoms with van der Waals surface area (Å²) >= 11 is 0. The van der Waals surface area contributed by atoms with Gasteiger partial charge < -0.3 is 5.32 Å². The average molecular weight is 287 g/mol. The number of nitrogens with zero attached hydrogens (tertiary/aromatic N) is 2. The van der Waals surface area contributed by atoms with Crippen molar-refractivity contribution in [2.75, 3.05) is 12.8 Å². The molecule has 0 radical (unpaired) electrons. The summed E-state index contributed by atoms with van der Waals surface area (Å²) in [6.07, 6.45) is 3.98. The molecule has 19 heavy (non-hydrogen) atoms. The number of hydrogen-bond donors (Lipinski definition) is 1. The van der Waals surface area contributed by atoms with E-state index < -0.39 is 14.6 Å². The Hall–Kier alpha value is -0.880. The molecule has 0 amide bonds. The van der Waals surface area contributed by atoms with Crippen LogP contribution < -0.4 is 5.32 Å². The Kier molecular flexibility index (Phi) is 5.15. The van der Waals surface area contributed by atoms with Crippen molar-refractivity contribution in [1.29, 1.82) is 0 Å². The molecule has 0 aliphatic heterocycles. The maximum absolute atomic E-state index is 12.1. The van der Waals surface area contributed by atoms with E-state index in [1.54, 1.807) is 20.0 Å². The monoisotopic (exact) mass is 287 g/mol. The summed E-state index contributed by atoms with van der Waals surface area (Å²) in [6, 6.07) is 1.64. The molecule has 1 aromatic heterocycles. The zero-order valence-corrected chi connectivity index (χ0v) is 13.3. The third-order valence-electron chi connectivity index (χ3n) is 3.54. The number of sulfone groups is 1. The molecule has 0 aliphatic rings. The minimum Gasteiger partial charge on any atom is -0.308 e. The molecule has 6 heteroatoms. The van der Waals surface area contributed by atoms with Crippen LogP contribution in [0, 0.1) is 0 Å². The summed E-state index contributed by atoms with van der Waals surface area (Å²) in [5.74, 6) is 0. The summed E-state index contributed by atoms with van der Waals surface area (Å²) in [7, 11) is -3.19. The van der Waals surface area contributed by atoms with E-state index in [2.05, 4.69) is 17.3 Å². The Balaban J connectivity index is 3.24.